The van der Waals surface area contributed by atoms with Gasteiger partial charge < -0.3 is 5.11 Å². The van der Waals surface area contributed by atoms with Crippen LogP contribution in [-0.4, -0.2) is 84.5 Å². The molecule has 12 heteroatoms. The van der Waals surface area contributed by atoms with Crippen molar-refractivity contribution in [2.24, 2.45) is 0 Å². The van der Waals surface area contributed by atoms with Crippen molar-refractivity contribution in [3.8, 4) is 0 Å². The maximum absolute atomic E-state index is 13.2. The van der Waals surface area contributed by atoms with Gasteiger partial charge in [-0.15, -0.1) is 0 Å². The molecule has 3 aliphatic rings. The first kappa shape index (κ1) is 27.1. The zero-order valence-electron chi connectivity index (χ0n) is 21.7. The molecule has 2 aromatic rings. The summed E-state index contributed by atoms with van der Waals surface area (Å²) in [5.41, 5.74) is 0.611. The van der Waals surface area contributed by atoms with Gasteiger partial charge in [-0.3, -0.25) is 34.3 Å². The maximum Gasteiger partial charge on any atom is 0.262 e. The molecule has 3 aliphatic heterocycles. The summed E-state index contributed by atoms with van der Waals surface area (Å²) in [6, 6.07) is 10.4. The Balaban J connectivity index is 1.26. The molecular weight excluding hydrogens is 524 g/mol. The number of nitrogens with zero attached hydrogens (tertiary/aromatic N) is 3. The van der Waals surface area contributed by atoms with Crippen molar-refractivity contribution in [2.75, 3.05) is 27.2 Å². The SMILES string of the molecule is CN(C)S(=O)(=O)c1ccc(CN2CCC(O)(c3ccc4c(c3)C(=O)N(C3CCC(=O)NC3=O)C4=O)CC2)cc1. The van der Waals surface area contributed by atoms with Gasteiger partial charge in [-0.1, -0.05) is 18.2 Å². The third-order valence-electron chi connectivity index (χ3n) is 7.77. The molecular formula is C27H30N4O7S. The Morgan fingerprint density at radius 1 is 0.974 bits per heavy atom. The molecule has 0 spiro atoms. The van der Waals surface area contributed by atoms with Crippen molar-refractivity contribution in [3.05, 3.63) is 64.7 Å². The highest BCUT2D eigenvalue weighted by molar-refractivity contribution is 7.89. The second kappa shape index (κ2) is 9.94. The molecule has 11 nitrogen and oxygen atoms in total. The first-order chi connectivity index (χ1) is 18.4. The molecule has 0 bridgehead atoms. The minimum absolute atomic E-state index is 0.0463. The first-order valence-electron chi connectivity index (χ1n) is 12.7. The number of carbonyl (C=O) groups excluding carboxylic acids is 4. The number of likely N-dealkylation sites (tertiary alicyclic amines) is 1. The van der Waals surface area contributed by atoms with Crippen LogP contribution in [0.5, 0.6) is 0 Å². The number of piperidine rings is 2. The summed E-state index contributed by atoms with van der Waals surface area (Å²) in [5.74, 6) is -2.28. The summed E-state index contributed by atoms with van der Waals surface area (Å²) < 4.78 is 25.7. The highest BCUT2D eigenvalue weighted by atomic mass is 32.2. The number of aliphatic hydroxyl groups is 1. The molecule has 0 aliphatic carbocycles. The lowest BCUT2D eigenvalue weighted by atomic mass is 9.83. The monoisotopic (exact) mass is 554 g/mol. The van der Waals surface area contributed by atoms with Crippen LogP contribution in [0.15, 0.2) is 47.4 Å². The highest BCUT2D eigenvalue weighted by Gasteiger charge is 2.45. The summed E-state index contributed by atoms with van der Waals surface area (Å²) in [7, 11) is -0.519. The van der Waals surface area contributed by atoms with Gasteiger partial charge in [-0.05, 0) is 54.7 Å². The van der Waals surface area contributed by atoms with Gasteiger partial charge in [0, 0.05) is 40.2 Å². The molecule has 5 rings (SSSR count). The zero-order valence-corrected chi connectivity index (χ0v) is 22.5. The van der Waals surface area contributed by atoms with Gasteiger partial charge in [0.05, 0.1) is 21.6 Å². The van der Waals surface area contributed by atoms with Crippen molar-refractivity contribution in [3.63, 3.8) is 0 Å². The van der Waals surface area contributed by atoms with E-state index in [0.29, 0.717) is 38.0 Å². The maximum atomic E-state index is 13.2. The number of imide groups is 2. The van der Waals surface area contributed by atoms with Gasteiger partial charge in [0.25, 0.3) is 11.8 Å². The molecule has 2 saturated heterocycles. The van der Waals surface area contributed by atoms with Gasteiger partial charge in [0.15, 0.2) is 0 Å². The normalized spacial score (nSPS) is 21.8. The van der Waals surface area contributed by atoms with Gasteiger partial charge in [0.2, 0.25) is 21.8 Å². The molecule has 206 valence electrons. The number of sulfonamides is 1. The van der Waals surface area contributed by atoms with E-state index >= 15 is 0 Å². The minimum Gasteiger partial charge on any atom is -0.385 e. The van der Waals surface area contributed by atoms with E-state index in [0.717, 1.165) is 10.5 Å². The number of hydrogen-bond donors (Lipinski definition) is 2. The Bertz CT molecular complexity index is 1460. The first-order valence-corrected chi connectivity index (χ1v) is 14.2. The lowest BCUT2D eigenvalue weighted by molar-refractivity contribution is -0.136. The highest BCUT2D eigenvalue weighted by Crippen LogP contribution is 2.37. The predicted molar refractivity (Wildman–Crippen MR) is 139 cm³/mol. The second-order valence-corrected chi connectivity index (χ2v) is 12.6. The van der Waals surface area contributed by atoms with Crippen LogP contribution >= 0.6 is 0 Å². The summed E-state index contributed by atoms with van der Waals surface area (Å²) in [6.45, 7) is 1.73. The topological polar surface area (TPSA) is 144 Å². The molecule has 0 saturated carbocycles. The van der Waals surface area contributed by atoms with Crippen molar-refractivity contribution in [2.45, 2.75) is 48.8 Å². The molecule has 2 N–H and O–H groups in total. The fourth-order valence-electron chi connectivity index (χ4n) is 5.37. The lowest BCUT2D eigenvalue weighted by Crippen LogP contribution is -2.54. The van der Waals surface area contributed by atoms with E-state index in [1.165, 1.54) is 24.5 Å². The smallest absolute Gasteiger partial charge is 0.262 e. The van der Waals surface area contributed by atoms with E-state index in [9.17, 15) is 32.7 Å². The fourth-order valence-corrected chi connectivity index (χ4v) is 6.27. The molecule has 4 amide bonds. The van der Waals surface area contributed by atoms with Crippen LogP contribution < -0.4 is 5.32 Å². The van der Waals surface area contributed by atoms with Gasteiger partial charge >= 0.3 is 0 Å². The number of carbonyl (C=O) groups is 4. The standard InChI is InChI=1S/C27H30N4O7S/c1-29(2)39(37,38)19-6-3-17(4-7-19)16-30-13-11-27(36,12-14-30)18-5-8-20-21(15-18)26(35)31(25(20)34)22-9-10-23(32)28-24(22)33/h3-8,15,22,36H,9-14,16H2,1-2H3,(H,28,32,33). The van der Waals surface area contributed by atoms with Gasteiger partial charge in [-0.25, -0.2) is 12.7 Å². The lowest BCUT2D eigenvalue weighted by Gasteiger charge is -2.38. The van der Waals surface area contributed by atoms with Crippen molar-refractivity contribution < 1.29 is 32.7 Å². The zero-order chi connectivity index (χ0) is 28.1. The Hall–Kier alpha value is -3.45. The van der Waals surface area contributed by atoms with Crippen LogP contribution in [0.4, 0.5) is 0 Å². The van der Waals surface area contributed by atoms with E-state index in [1.54, 1.807) is 36.4 Å². The molecule has 0 radical (unpaired) electrons. The fraction of sp³-hybridized carbons (Fsp3) is 0.407. The third kappa shape index (κ3) is 4.89. The molecule has 2 aromatic carbocycles. The van der Waals surface area contributed by atoms with Gasteiger partial charge in [-0.2, -0.15) is 0 Å². The van der Waals surface area contributed by atoms with Crippen LogP contribution in [0.1, 0.15) is 57.5 Å². The van der Waals surface area contributed by atoms with Crippen LogP contribution in [0, 0.1) is 0 Å². The largest absolute Gasteiger partial charge is 0.385 e. The van der Waals surface area contributed by atoms with Crippen LogP contribution in [0.3, 0.4) is 0 Å². The number of rotatable bonds is 6. The van der Waals surface area contributed by atoms with Crippen LogP contribution in [0.25, 0.3) is 0 Å². The molecule has 1 unspecified atom stereocenters. The number of hydrogen-bond acceptors (Lipinski definition) is 8. The molecule has 2 fully saturated rings. The average Bonchev–Trinajstić information content (AvgIpc) is 3.15. The van der Waals surface area contributed by atoms with Crippen LogP contribution in [0.2, 0.25) is 0 Å². The van der Waals surface area contributed by atoms with Gasteiger partial charge in [0.1, 0.15) is 6.04 Å². The average molecular weight is 555 g/mol. The molecule has 39 heavy (non-hydrogen) atoms. The Kier molecular flexibility index (Phi) is 6.91. The molecule has 3 heterocycles. The molecule has 1 atom stereocenters. The number of benzene rings is 2. The molecule has 0 aromatic heterocycles. The van der Waals surface area contributed by atoms with E-state index in [-0.39, 0.29) is 28.9 Å². The third-order valence-corrected chi connectivity index (χ3v) is 9.60. The summed E-state index contributed by atoms with van der Waals surface area (Å²) in [5, 5.41) is 13.6. The summed E-state index contributed by atoms with van der Waals surface area (Å²) >= 11 is 0. The number of amides is 4. The van der Waals surface area contributed by atoms with Crippen molar-refractivity contribution in [1.82, 2.24) is 19.4 Å². The Morgan fingerprint density at radius 2 is 1.62 bits per heavy atom. The summed E-state index contributed by atoms with van der Waals surface area (Å²) in [6.07, 6.45) is 0.928. The number of nitrogens with one attached hydrogen (secondary N) is 1. The predicted octanol–water partition coefficient (Wildman–Crippen LogP) is 0.822. The van der Waals surface area contributed by atoms with E-state index in [4.69, 9.17) is 0 Å². The minimum atomic E-state index is -3.49. The Morgan fingerprint density at radius 3 is 2.23 bits per heavy atom. The second-order valence-electron chi connectivity index (χ2n) is 10.4. The van der Waals surface area contributed by atoms with Crippen LogP contribution in [-0.2, 0) is 31.8 Å². The van der Waals surface area contributed by atoms with E-state index < -0.39 is 45.3 Å². The number of fused-ring (bicyclic) bond motifs is 1. The van der Waals surface area contributed by atoms with E-state index in [2.05, 4.69) is 10.2 Å². The Labute approximate surface area is 226 Å². The quantitative estimate of drug-likeness (QED) is 0.500. The van der Waals surface area contributed by atoms with Crippen molar-refractivity contribution in [1.29, 1.82) is 0 Å². The van der Waals surface area contributed by atoms with E-state index in [1.807, 2.05) is 0 Å². The van der Waals surface area contributed by atoms with Crippen molar-refractivity contribution >= 4 is 33.7 Å². The summed E-state index contributed by atoms with van der Waals surface area (Å²) in [4.78, 5) is 53.2.